The van der Waals surface area contributed by atoms with E-state index in [0.717, 1.165) is 58.5 Å². The van der Waals surface area contributed by atoms with Gasteiger partial charge in [-0.3, -0.25) is 14.4 Å². The van der Waals surface area contributed by atoms with Crippen LogP contribution in [-0.2, 0) is 14.4 Å². The van der Waals surface area contributed by atoms with Gasteiger partial charge in [0.1, 0.15) is 11.0 Å². The summed E-state index contributed by atoms with van der Waals surface area (Å²) in [4.78, 5) is 48.9. The maximum Gasteiger partial charge on any atom is 0.257 e. The number of aryl methyl sites for hydroxylation is 1. The number of nitrogens with zero attached hydrogens (tertiary/aromatic N) is 3. The van der Waals surface area contributed by atoms with Gasteiger partial charge in [0.05, 0.1) is 28.4 Å². The van der Waals surface area contributed by atoms with Crippen molar-refractivity contribution in [2.45, 2.75) is 64.5 Å². The summed E-state index contributed by atoms with van der Waals surface area (Å²) in [6, 6.07) is 22.3. The minimum absolute atomic E-state index is 0.00651. The molecule has 204 valence electrons. The van der Waals surface area contributed by atoms with Crippen molar-refractivity contribution in [3.8, 4) is 10.6 Å². The van der Waals surface area contributed by atoms with Crippen LogP contribution in [-0.4, -0.2) is 33.6 Å². The highest BCUT2D eigenvalue weighted by atomic mass is 32.1. The molecular weight excluding hydrogens is 518 g/mol. The third kappa shape index (κ3) is 4.94. The van der Waals surface area contributed by atoms with Crippen molar-refractivity contribution < 1.29 is 14.4 Å². The van der Waals surface area contributed by atoms with Gasteiger partial charge in [0.2, 0.25) is 11.8 Å². The molecule has 1 aliphatic carbocycles. The van der Waals surface area contributed by atoms with E-state index in [0.29, 0.717) is 5.69 Å². The molecule has 2 fully saturated rings. The van der Waals surface area contributed by atoms with Crippen LogP contribution in [0.4, 0.5) is 5.69 Å². The van der Waals surface area contributed by atoms with Crippen molar-refractivity contribution in [1.82, 2.24) is 9.88 Å². The minimum Gasteiger partial charge on any atom is -0.323 e. The molecule has 1 aliphatic heterocycles. The van der Waals surface area contributed by atoms with Gasteiger partial charge in [-0.2, -0.15) is 0 Å². The molecule has 1 aromatic heterocycles. The molecule has 40 heavy (non-hydrogen) atoms. The van der Waals surface area contributed by atoms with Crippen LogP contribution >= 0.6 is 11.3 Å². The zero-order valence-electron chi connectivity index (χ0n) is 22.9. The lowest BCUT2D eigenvalue weighted by Crippen LogP contribution is -2.49. The first kappa shape index (κ1) is 26.4. The Bertz CT molecular complexity index is 1560. The van der Waals surface area contributed by atoms with Crippen LogP contribution in [0.1, 0.15) is 62.6 Å². The molecule has 0 N–H and O–H groups in total. The number of anilines is 1. The van der Waals surface area contributed by atoms with Crippen LogP contribution in [0.25, 0.3) is 20.8 Å². The number of carbonyl (C=O) groups excluding carboxylic acids is 3. The van der Waals surface area contributed by atoms with E-state index < -0.39 is 6.04 Å². The summed E-state index contributed by atoms with van der Waals surface area (Å²) in [5.74, 6) is -0.723. The van der Waals surface area contributed by atoms with Crippen LogP contribution in [0.15, 0.2) is 72.8 Å². The van der Waals surface area contributed by atoms with Crippen LogP contribution < -0.4 is 4.90 Å². The molecule has 1 saturated carbocycles. The number of benzene rings is 3. The molecule has 6 nitrogen and oxygen atoms in total. The van der Waals surface area contributed by atoms with Gasteiger partial charge < -0.3 is 4.90 Å². The summed E-state index contributed by atoms with van der Waals surface area (Å²) in [6.07, 6.45) is 4.85. The molecule has 4 aromatic rings. The number of imide groups is 1. The first-order valence-corrected chi connectivity index (χ1v) is 14.9. The molecule has 2 unspecified atom stereocenters. The Hall–Kier alpha value is -3.84. The number of carbonyl (C=O) groups is 3. The van der Waals surface area contributed by atoms with Gasteiger partial charge in [-0.15, -0.1) is 11.3 Å². The fourth-order valence-electron chi connectivity index (χ4n) is 6.08. The Morgan fingerprint density at radius 1 is 0.975 bits per heavy atom. The number of hydrogen-bond acceptors (Lipinski definition) is 5. The van der Waals surface area contributed by atoms with Crippen molar-refractivity contribution in [3.63, 3.8) is 0 Å². The normalized spacial score (nSPS) is 18.9. The van der Waals surface area contributed by atoms with E-state index in [1.54, 1.807) is 28.4 Å². The summed E-state index contributed by atoms with van der Waals surface area (Å²) >= 11 is 1.62. The molecule has 7 heteroatoms. The Labute approximate surface area is 238 Å². The van der Waals surface area contributed by atoms with E-state index >= 15 is 0 Å². The maximum absolute atomic E-state index is 13.9. The van der Waals surface area contributed by atoms with Crippen LogP contribution in [0, 0.1) is 12.8 Å². The third-order valence-corrected chi connectivity index (χ3v) is 9.35. The summed E-state index contributed by atoms with van der Waals surface area (Å²) in [5, 5.41) is 0.894. The number of fused-ring (bicyclic) bond motifs is 1. The molecule has 6 rings (SSSR count). The highest BCUT2D eigenvalue weighted by Crippen LogP contribution is 2.36. The van der Waals surface area contributed by atoms with Crippen molar-refractivity contribution >= 4 is 45.0 Å². The van der Waals surface area contributed by atoms with Crippen molar-refractivity contribution in [2.75, 3.05) is 4.90 Å². The van der Waals surface area contributed by atoms with Crippen LogP contribution in [0.3, 0.4) is 0 Å². The van der Waals surface area contributed by atoms with Gasteiger partial charge in [-0.05, 0) is 74.2 Å². The maximum atomic E-state index is 13.9. The van der Waals surface area contributed by atoms with Crippen molar-refractivity contribution in [3.05, 3.63) is 83.9 Å². The van der Waals surface area contributed by atoms with E-state index in [1.807, 2.05) is 55.5 Å². The monoisotopic (exact) mass is 551 g/mol. The topological polar surface area (TPSA) is 70.6 Å². The lowest BCUT2D eigenvalue weighted by molar-refractivity contribution is -0.145. The second-order valence-electron chi connectivity index (χ2n) is 11.0. The Morgan fingerprint density at radius 2 is 1.70 bits per heavy atom. The lowest BCUT2D eigenvalue weighted by atomic mass is 9.87. The van der Waals surface area contributed by atoms with Crippen molar-refractivity contribution in [1.29, 1.82) is 0 Å². The van der Waals surface area contributed by atoms with Gasteiger partial charge >= 0.3 is 0 Å². The zero-order chi connectivity index (χ0) is 27.8. The summed E-state index contributed by atoms with van der Waals surface area (Å²) in [6.45, 7) is 4.03. The summed E-state index contributed by atoms with van der Waals surface area (Å²) < 4.78 is 1.13. The number of hydrogen-bond donors (Lipinski definition) is 0. The van der Waals surface area contributed by atoms with Crippen LogP contribution in [0.2, 0.25) is 0 Å². The molecule has 2 atom stereocenters. The van der Waals surface area contributed by atoms with Gasteiger partial charge in [0.15, 0.2) is 0 Å². The molecule has 2 aliphatic rings. The fraction of sp³-hybridized carbons (Fsp3) is 0.333. The summed E-state index contributed by atoms with van der Waals surface area (Å²) in [5.41, 5.74) is 4.57. The average Bonchev–Trinajstić information content (AvgIpc) is 3.53. The largest absolute Gasteiger partial charge is 0.323 e. The molecule has 3 aromatic carbocycles. The molecular formula is C33H33N3O3S. The smallest absolute Gasteiger partial charge is 0.257 e. The molecule has 1 saturated heterocycles. The molecule has 2 heterocycles. The van der Waals surface area contributed by atoms with Gasteiger partial charge in [0.25, 0.3) is 5.91 Å². The number of amides is 3. The average molecular weight is 552 g/mol. The first-order chi connectivity index (χ1) is 19.4. The number of rotatable bonds is 6. The second kappa shape index (κ2) is 11.0. The number of thiazole rings is 1. The lowest BCUT2D eigenvalue weighted by Gasteiger charge is -2.37. The van der Waals surface area contributed by atoms with Gasteiger partial charge in [-0.25, -0.2) is 9.88 Å². The quantitative estimate of drug-likeness (QED) is 0.240. The Balaban J connectivity index is 1.28. The van der Waals surface area contributed by atoms with E-state index in [9.17, 15) is 14.4 Å². The predicted molar refractivity (Wildman–Crippen MR) is 159 cm³/mol. The fourth-order valence-corrected chi connectivity index (χ4v) is 7.15. The molecule has 3 amide bonds. The summed E-state index contributed by atoms with van der Waals surface area (Å²) in [7, 11) is 0. The van der Waals surface area contributed by atoms with E-state index in [1.165, 1.54) is 10.5 Å². The molecule has 0 radical (unpaired) electrons. The predicted octanol–water partition coefficient (Wildman–Crippen LogP) is 7.07. The highest BCUT2D eigenvalue weighted by Gasteiger charge is 2.47. The van der Waals surface area contributed by atoms with E-state index in [2.05, 4.69) is 19.1 Å². The third-order valence-electron chi connectivity index (χ3n) is 8.28. The first-order valence-electron chi connectivity index (χ1n) is 14.1. The standard InChI is InChI=1S/C33H33N3O3S/c1-21-13-18-27-29(19-21)40-31(34-27)24-14-16-26(17-15-24)36-30(37)20-28(33(36)39)35(22(2)23-9-5-3-6-10-23)32(38)25-11-7-4-8-12-25/h3,5-6,9-10,13-19,22,25,28H,4,7-8,11-12,20H2,1-2H3. The molecule has 0 spiro atoms. The van der Waals surface area contributed by atoms with Crippen molar-refractivity contribution in [2.24, 2.45) is 5.92 Å². The molecule has 0 bridgehead atoms. The van der Waals surface area contributed by atoms with E-state index in [4.69, 9.17) is 4.98 Å². The number of aromatic nitrogens is 1. The second-order valence-corrected chi connectivity index (χ2v) is 12.0. The SMILES string of the molecule is Cc1ccc2nc(-c3ccc(N4C(=O)CC(N(C(=O)C5CCCCC5)C(C)c5ccccc5)C4=O)cc3)sc2c1. The van der Waals surface area contributed by atoms with E-state index in [-0.39, 0.29) is 36.1 Å². The zero-order valence-corrected chi connectivity index (χ0v) is 23.7. The van der Waals surface area contributed by atoms with Crippen LogP contribution in [0.5, 0.6) is 0 Å². The Kier molecular flexibility index (Phi) is 7.24. The van der Waals surface area contributed by atoms with Gasteiger partial charge in [0, 0.05) is 11.5 Å². The highest BCUT2D eigenvalue weighted by molar-refractivity contribution is 7.21. The van der Waals surface area contributed by atoms with Gasteiger partial charge in [-0.1, -0.05) is 55.7 Å². The minimum atomic E-state index is -0.815. The Morgan fingerprint density at radius 3 is 2.42 bits per heavy atom.